The van der Waals surface area contributed by atoms with Crippen molar-refractivity contribution in [3.05, 3.63) is 12.2 Å². The van der Waals surface area contributed by atoms with Gasteiger partial charge in [0, 0.05) is 12.8 Å². The average molecular weight is 455 g/mol. The summed E-state index contributed by atoms with van der Waals surface area (Å²) in [5.74, 6) is 1.78. The molecule has 0 aliphatic carbocycles. The first-order chi connectivity index (χ1) is 15.0. The molecule has 0 saturated carbocycles. The van der Waals surface area contributed by atoms with Gasteiger partial charge in [-0.1, -0.05) is 111 Å². The second kappa shape index (κ2) is 22.9. The van der Waals surface area contributed by atoms with E-state index in [4.69, 9.17) is 10.2 Å². The van der Waals surface area contributed by atoms with Gasteiger partial charge in [0.1, 0.15) is 0 Å². The summed E-state index contributed by atoms with van der Waals surface area (Å²) in [4.78, 5) is 20.6. The summed E-state index contributed by atoms with van der Waals surface area (Å²) in [6.07, 6.45) is 18.7. The number of aliphatic carboxylic acids is 2. The van der Waals surface area contributed by atoms with Gasteiger partial charge in [0.2, 0.25) is 0 Å². The summed E-state index contributed by atoms with van der Waals surface area (Å²) in [5, 5.41) is 16.9. The van der Waals surface area contributed by atoms with E-state index in [9.17, 15) is 9.59 Å². The minimum absolute atomic E-state index is 0.248. The molecule has 4 nitrogen and oxygen atoms in total. The summed E-state index contributed by atoms with van der Waals surface area (Å²) in [7, 11) is 0. The summed E-state index contributed by atoms with van der Waals surface area (Å²) in [5.41, 5.74) is 0. The first-order valence-corrected chi connectivity index (χ1v) is 13.1. The second-order valence-corrected chi connectivity index (χ2v) is 10.5. The van der Waals surface area contributed by atoms with Crippen LogP contribution in [0.3, 0.4) is 0 Å². The fourth-order valence-electron chi connectivity index (χ4n) is 3.61. The number of hydrogen-bond acceptors (Lipinski definition) is 2. The normalized spacial score (nSPS) is 13.2. The minimum Gasteiger partial charge on any atom is -0.481 e. The van der Waals surface area contributed by atoms with Crippen LogP contribution in [0.25, 0.3) is 0 Å². The zero-order valence-electron chi connectivity index (χ0n) is 22.1. The molecule has 190 valence electrons. The van der Waals surface area contributed by atoms with Crippen LogP contribution in [0.4, 0.5) is 0 Å². The van der Waals surface area contributed by atoms with E-state index in [-0.39, 0.29) is 6.42 Å². The highest BCUT2D eigenvalue weighted by molar-refractivity contribution is 5.66. The van der Waals surface area contributed by atoms with Crippen molar-refractivity contribution in [1.29, 1.82) is 0 Å². The Kier molecular flexibility index (Phi) is 23.5. The number of allylic oxidation sites excluding steroid dienone is 2. The molecule has 0 rings (SSSR count). The number of hydrogen-bond donors (Lipinski definition) is 2. The molecule has 0 fully saturated rings. The van der Waals surface area contributed by atoms with Crippen molar-refractivity contribution in [2.45, 2.75) is 131 Å². The van der Waals surface area contributed by atoms with Gasteiger partial charge in [-0.05, 0) is 42.9 Å². The van der Waals surface area contributed by atoms with Crippen LogP contribution in [-0.4, -0.2) is 22.2 Å². The number of rotatable bonds is 19. The van der Waals surface area contributed by atoms with E-state index in [1.165, 1.54) is 51.4 Å². The summed E-state index contributed by atoms with van der Waals surface area (Å²) in [6, 6.07) is 0. The van der Waals surface area contributed by atoms with Crippen LogP contribution in [0.1, 0.15) is 131 Å². The Bertz CT molecular complexity index is 468. The molecule has 2 atom stereocenters. The maximum absolute atomic E-state index is 10.3. The average Bonchev–Trinajstić information content (AvgIpc) is 2.67. The lowest BCUT2D eigenvalue weighted by molar-refractivity contribution is -0.138. The van der Waals surface area contributed by atoms with Gasteiger partial charge in [-0.25, -0.2) is 0 Å². The van der Waals surface area contributed by atoms with E-state index in [1.807, 2.05) is 6.08 Å². The molecule has 2 N–H and O–H groups in total. The molecule has 0 bridgehead atoms. The van der Waals surface area contributed by atoms with Crippen LogP contribution in [-0.2, 0) is 9.59 Å². The predicted molar refractivity (Wildman–Crippen MR) is 137 cm³/mol. The largest absolute Gasteiger partial charge is 0.481 e. The Hall–Kier alpha value is -1.32. The first-order valence-electron chi connectivity index (χ1n) is 13.1. The van der Waals surface area contributed by atoms with Gasteiger partial charge in [0.25, 0.3) is 0 Å². The van der Waals surface area contributed by atoms with Crippen molar-refractivity contribution < 1.29 is 19.8 Å². The molecular formula is C28H54O4. The molecule has 0 heterocycles. The Morgan fingerprint density at radius 3 is 1.59 bits per heavy atom. The predicted octanol–water partition coefficient (Wildman–Crippen LogP) is 8.74. The lowest BCUT2D eigenvalue weighted by Gasteiger charge is -2.11. The topological polar surface area (TPSA) is 74.6 Å². The van der Waals surface area contributed by atoms with Crippen LogP contribution < -0.4 is 0 Å². The van der Waals surface area contributed by atoms with Gasteiger partial charge in [0.05, 0.1) is 0 Å². The van der Waals surface area contributed by atoms with Gasteiger partial charge in [-0.15, -0.1) is 0 Å². The Morgan fingerprint density at radius 2 is 1.09 bits per heavy atom. The van der Waals surface area contributed by atoms with Crippen LogP contribution in [0.2, 0.25) is 0 Å². The van der Waals surface area contributed by atoms with E-state index in [1.54, 1.807) is 0 Å². The molecule has 0 aliphatic rings. The SMILES string of the molecule is CC(C)CCCC(C)CC=CCCC(=O)O.CC(C)CCCC(C)CCCCCC(=O)O. The molecule has 0 amide bonds. The van der Waals surface area contributed by atoms with Gasteiger partial charge in [-0.3, -0.25) is 9.59 Å². The highest BCUT2D eigenvalue weighted by Gasteiger charge is 2.04. The number of carbonyl (C=O) groups is 2. The molecular weight excluding hydrogens is 400 g/mol. The molecule has 0 saturated heterocycles. The third-order valence-corrected chi connectivity index (χ3v) is 5.77. The maximum Gasteiger partial charge on any atom is 0.303 e. The lowest BCUT2D eigenvalue weighted by atomic mass is 9.95. The highest BCUT2D eigenvalue weighted by Crippen LogP contribution is 2.18. The third kappa shape index (κ3) is 30.9. The van der Waals surface area contributed by atoms with Crippen LogP contribution in [0.5, 0.6) is 0 Å². The number of carboxylic acids is 2. The van der Waals surface area contributed by atoms with Crippen molar-refractivity contribution in [1.82, 2.24) is 0 Å². The molecule has 0 aromatic rings. The smallest absolute Gasteiger partial charge is 0.303 e. The van der Waals surface area contributed by atoms with Gasteiger partial charge < -0.3 is 10.2 Å². The molecule has 0 aromatic carbocycles. The quantitative estimate of drug-likeness (QED) is 0.151. The highest BCUT2D eigenvalue weighted by atomic mass is 16.4. The van der Waals surface area contributed by atoms with Gasteiger partial charge in [-0.2, -0.15) is 0 Å². The number of carboxylic acid groups (broad SMARTS) is 2. The molecule has 2 unspecified atom stereocenters. The summed E-state index contributed by atoms with van der Waals surface area (Å²) < 4.78 is 0. The van der Waals surface area contributed by atoms with Crippen molar-refractivity contribution in [3.8, 4) is 0 Å². The molecule has 32 heavy (non-hydrogen) atoms. The Morgan fingerprint density at radius 1 is 0.594 bits per heavy atom. The van der Waals surface area contributed by atoms with Crippen LogP contribution in [0, 0.1) is 23.7 Å². The van der Waals surface area contributed by atoms with Crippen molar-refractivity contribution >= 4 is 11.9 Å². The van der Waals surface area contributed by atoms with E-state index in [0.717, 1.165) is 42.9 Å². The number of unbranched alkanes of at least 4 members (excludes halogenated alkanes) is 2. The monoisotopic (exact) mass is 454 g/mol. The lowest BCUT2D eigenvalue weighted by Crippen LogP contribution is -1.98. The van der Waals surface area contributed by atoms with E-state index in [2.05, 4.69) is 47.6 Å². The Labute approximate surface area is 199 Å². The molecule has 0 aliphatic heterocycles. The summed E-state index contributed by atoms with van der Waals surface area (Å²) >= 11 is 0. The minimum atomic E-state index is -0.713. The van der Waals surface area contributed by atoms with Crippen molar-refractivity contribution in [2.75, 3.05) is 0 Å². The Balaban J connectivity index is 0. The fraction of sp³-hybridized carbons (Fsp3) is 0.857. The molecule has 0 radical (unpaired) electrons. The van der Waals surface area contributed by atoms with E-state index >= 15 is 0 Å². The van der Waals surface area contributed by atoms with Crippen molar-refractivity contribution in [2.24, 2.45) is 23.7 Å². The van der Waals surface area contributed by atoms with E-state index in [0.29, 0.717) is 12.8 Å². The van der Waals surface area contributed by atoms with E-state index < -0.39 is 11.9 Å². The van der Waals surface area contributed by atoms with Crippen LogP contribution in [0.15, 0.2) is 12.2 Å². The van der Waals surface area contributed by atoms with Crippen LogP contribution >= 0.6 is 0 Å². The molecule has 4 heteroatoms. The second-order valence-electron chi connectivity index (χ2n) is 10.5. The third-order valence-electron chi connectivity index (χ3n) is 5.77. The standard InChI is InChI=1S/C14H28O2.C14H26O2/c2*1-12(2)8-7-10-13(3)9-5-4-6-11-14(15)16/h12-13H,4-11H2,1-3H3,(H,15,16);4-5,12-13H,6-11H2,1-3H3,(H,15,16). The first kappa shape index (κ1) is 32.9. The maximum atomic E-state index is 10.3. The van der Waals surface area contributed by atoms with Crippen molar-refractivity contribution in [3.63, 3.8) is 0 Å². The van der Waals surface area contributed by atoms with Gasteiger partial charge in [0.15, 0.2) is 0 Å². The van der Waals surface area contributed by atoms with Gasteiger partial charge >= 0.3 is 11.9 Å². The summed E-state index contributed by atoms with van der Waals surface area (Å²) in [6.45, 7) is 13.7. The fourth-order valence-corrected chi connectivity index (χ4v) is 3.61. The molecule has 0 spiro atoms. The molecule has 0 aromatic heterocycles. The zero-order valence-corrected chi connectivity index (χ0v) is 22.1. The zero-order chi connectivity index (χ0) is 24.8.